The van der Waals surface area contributed by atoms with Gasteiger partial charge in [0.25, 0.3) is 0 Å². The SMILES string of the molecule is Cc1c(/C(CCc2ccc(-c3ccc(C(=O)O)cc3)cc2)=N/O)cccc1C1CCC(=O)N(C)C1. The van der Waals surface area contributed by atoms with Crippen molar-refractivity contribution >= 4 is 17.6 Å². The number of aryl methyl sites for hydroxylation is 1. The summed E-state index contributed by atoms with van der Waals surface area (Å²) >= 11 is 0. The Hall–Kier alpha value is -3.93. The van der Waals surface area contributed by atoms with Crippen molar-refractivity contribution in [2.75, 3.05) is 13.6 Å². The van der Waals surface area contributed by atoms with E-state index in [1.807, 2.05) is 55.6 Å². The van der Waals surface area contributed by atoms with Gasteiger partial charge in [0.15, 0.2) is 0 Å². The number of carboxylic acid groups (broad SMARTS) is 1. The van der Waals surface area contributed by atoms with Gasteiger partial charge in [-0.15, -0.1) is 0 Å². The molecule has 35 heavy (non-hydrogen) atoms. The summed E-state index contributed by atoms with van der Waals surface area (Å²) in [5.74, 6) is -0.458. The largest absolute Gasteiger partial charge is 0.478 e. The predicted octanol–water partition coefficient (Wildman–Crippen LogP) is 5.51. The van der Waals surface area contributed by atoms with Gasteiger partial charge in [-0.05, 0) is 66.1 Å². The first kappa shape index (κ1) is 24.2. The molecule has 6 heteroatoms. The maximum Gasteiger partial charge on any atom is 0.335 e. The number of hydrogen-bond acceptors (Lipinski definition) is 4. The van der Waals surface area contributed by atoms with Gasteiger partial charge in [-0.25, -0.2) is 4.79 Å². The first-order valence-corrected chi connectivity index (χ1v) is 11.8. The first-order chi connectivity index (χ1) is 16.9. The smallest absolute Gasteiger partial charge is 0.335 e. The lowest BCUT2D eigenvalue weighted by atomic mass is 9.85. The van der Waals surface area contributed by atoms with E-state index in [9.17, 15) is 14.8 Å². The minimum absolute atomic E-state index is 0.191. The van der Waals surface area contributed by atoms with E-state index in [1.165, 1.54) is 5.56 Å². The van der Waals surface area contributed by atoms with Crippen LogP contribution in [-0.2, 0) is 11.2 Å². The zero-order valence-corrected chi connectivity index (χ0v) is 20.1. The molecule has 1 unspecified atom stereocenters. The number of likely N-dealkylation sites (tertiary alicyclic amines) is 1. The number of rotatable bonds is 7. The highest BCUT2D eigenvalue weighted by atomic mass is 16.4. The number of likely N-dealkylation sites (N-methyl/N-ethyl adjacent to an activating group) is 1. The number of carbonyl (C=O) groups excluding carboxylic acids is 1. The lowest BCUT2D eigenvalue weighted by Crippen LogP contribution is -2.36. The van der Waals surface area contributed by atoms with Crippen LogP contribution in [0.4, 0.5) is 0 Å². The molecule has 1 atom stereocenters. The third-order valence-corrected chi connectivity index (χ3v) is 6.94. The van der Waals surface area contributed by atoms with Crippen LogP contribution in [0, 0.1) is 6.92 Å². The molecule has 3 aromatic rings. The number of carbonyl (C=O) groups is 2. The van der Waals surface area contributed by atoms with Crippen LogP contribution in [-0.4, -0.2) is 46.4 Å². The summed E-state index contributed by atoms with van der Waals surface area (Å²) in [4.78, 5) is 24.7. The highest BCUT2D eigenvalue weighted by Crippen LogP contribution is 2.31. The molecule has 3 aromatic carbocycles. The summed E-state index contributed by atoms with van der Waals surface area (Å²) < 4.78 is 0. The quantitative estimate of drug-likeness (QED) is 0.271. The Morgan fingerprint density at radius 2 is 1.69 bits per heavy atom. The van der Waals surface area contributed by atoms with Gasteiger partial charge in [-0.2, -0.15) is 0 Å². The number of amides is 1. The molecule has 2 N–H and O–H groups in total. The van der Waals surface area contributed by atoms with E-state index in [1.54, 1.807) is 17.0 Å². The van der Waals surface area contributed by atoms with E-state index < -0.39 is 5.97 Å². The Morgan fingerprint density at radius 3 is 2.29 bits per heavy atom. The van der Waals surface area contributed by atoms with Crippen LogP contribution in [0.1, 0.15) is 57.8 Å². The minimum Gasteiger partial charge on any atom is -0.478 e. The van der Waals surface area contributed by atoms with Crippen LogP contribution in [0.3, 0.4) is 0 Å². The van der Waals surface area contributed by atoms with Crippen LogP contribution in [0.15, 0.2) is 71.9 Å². The highest BCUT2D eigenvalue weighted by Gasteiger charge is 2.26. The fraction of sp³-hybridized carbons (Fsp3) is 0.276. The molecule has 6 nitrogen and oxygen atoms in total. The fourth-order valence-electron chi connectivity index (χ4n) is 4.84. The standard InChI is InChI=1S/C29H30N2O4/c1-19-25(24-15-17-28(32)31(2)18-24)4-3-5-26(19)27(30-35)16-8-20-6-9-21(10-7-20)22-11-13-23(14-12-22)29(33)34/h3-7,9-14,24,35H,8,15-18H2,1-2H3,(H,33,34)/b30-27+. The number of nitrogens with zero attached hydrogens (tertiary/aromatic N) is 2. The Labute approximate surface area is 205 Å². The second-order valence-electron chi connectivity index (χ2n) is 9.16. The normalized spacial score (nSPS) is 16.4. The second-order valence-corrected chi connectivity index (χ2v) is 9.16. The highest BCUT2D eigenvalue weighted by molar-refractivity contribution is 6.01. The third-order valence-electron chi connectivity index (χ3n) is 6.94. The van der Waals surface area contributed by atoms with Crippen molar-refractivity contribution in [3.8, 4) is 11.1 Å². The summed E-state index contributed by atoms with van der Waals surface area (Å²) in [6.07, 6.45) is 2.72. The van der Waals surface area contributed by atoms with Gasteiger partial charge < -0.3 is 15.2 Å². The third kappa shape index (κ3) is 5.43. The fourth-order valence-corrected chi connectivity index (χ4v) is 4.84. The number of hydrogen-bond donors (Lipinski definition) is 2. The molecular weight excluding hydrogens is 440 g/mol. The summed E-state index contributed by atoms with van der Waals surface area (Å²) in [6, 6.07) is 21.1. The molecule has 1 aliphatic rings. The van der Waals surface area contributed by atoms with Gasteiger partial charge in [-0.1, -0.05) is 59.8 Å². The number of carboxylic acids is 1. The van der Waals surface area contributed by atoms with Crippen LogP contribution in [0.5, 0.6) is 0 Å². The van der Waals surface area contributed by atoms with Gasteiger partial charge in [0, 0.05) is 31.5 Å². The Balaban J connectivity index is 1.45. The molecule has 0 saturated carbocycles. The van der Waals surface area contributed by atoms with Crippen molar-refractivity contribution in [2.45, 2.75) is 38.5 Å². The monoisotopic (exact) mass is 470 g/mol. The molecule has 1 amide bonds. The molecule has 0 bridgehead atoms. The van der Waals surface area contributed by atoms with Crippen molar-refractivity contribution < 1.29 is 19.9 Å². The molecular formula is C29H30N2O4. The zero-order chi connectivity index (χ0) is 24.9. The Morgan fingerprint density at radius 1 is 1.03 bits per heavy atom. The van der Waals surface area contributed by atoms with Gasteiger partial charge in [-0.3, -0.25) is 4.79 Å². The van der Waals surface area contributed by atoms with Crippen molar-refractivity contribution in [3.63, 3.8) is 0 Å². The lowest BCUT2D eigenvalue weighted by molar-refractivity contribution is -0.132. The molecule has 4 rings (SSSR count). The maximum absolute atomic E-state index is 11.9. The second kappa shape index (κ2) is 10.6. The van der Waals surface area contributed by atoms with E-state index in [0.29, 0.717) is 25.1 Å². The zero-order valence-electron chi connectivity index (χ0n) is 20.1. The van der Waals surface area contributed by atoms with Crippen LogP contribution in [0.2, 0.25) is 0 Å². The van der Waals surface area contributed by atoms with Gasteiger partial charge in [0.1, 0.15) is 0 Å². The van der Waals surface area contributed by atoms with Crippen molar-refractivity contribution in [2.24, 2.45) is 5.16 Å². The topological polar surface area (TPSA) is 90.2 Å². The molecule has 1 saturated heterocycles. The van der Waals surface area contributed by atoms with E-state index in [2.05, 4.69) is 18.1 Å². The summed E-state index contributed by atoms with van der Waals surface area (Å²) in [5, 5.41) is 22.5. The first-order valence-electron chi connectivity index (χ1n) is 11.8. The van der Waals surface area contributed by atoms with E-state index in [4.69, 9.17) is 5.11 Å². The molecule has 1 heterocycles. The number of oxime groups is 1. The van der Waals surface area contributed by atoms with Crippen molar-refractivity contribution in [1.82, 2.24) is 4.90 Å². The van der Waals surface area contributed by atoms with Crippen molar-refractivity contribution in [3.05, 3.63) is 94.5 Å². The molecule has 0 aromatic heterocycles. The molecule has 0 spiro atoms. The minimum atomic E-state index is -0.935. The number of benzene rings is 3. The molecule has 1 aliphatic heterocycles. The Kier molecular flexibility index (Phi) is 7.30. The Bertz CT molecular complexity index is 1250. The van der Waals surface area contributed by atoms with Gasteiger partial charge in [0.05, 0.1) is 11.3 Å². The van der Waals surface area contributed by atoms with E-state index in [0.717, 1.165) is 40.7 Å². The van der Waals surface area contributed by atoms with Crippen LogP contribution in [0.25, 0.3) is 11.1 Å². The molecule has 1 fully saturated rings. The van der Waals surface area contributed by atoms with Gasteiger partial charge >= 0.3 is 5.97 Å². The average Bonchev–Trinajstić information content (AvgIpc) is 2.87. The molecule has 0 radical (unpaired) electrons. The lowest BCUT2D eigenvalue weighted by Gasteiger charge is -2.31. The molecule has 0 aliphatic carbocycles. The maximum atomic E-state index is 11.9. The van der Waals surface area contributed by atoms with Crippen molar-refractivity contribution in [1.29, 1.82) is 0 Å². The van der Waals surface area contributed by atoms with E-state index in [-0.39, 0.29) is 17.4 Å². The summed E-state index contributed by atoms with van der Waals surface area (Å²) in [5.41, 5.74) is 7.28. The number of aromatic carboxylic acids is 1. The number of piperidine rings is 1. The van der Waals surface area contributed by atoms with Gasteiger partial charge in [0.2, 0.25) is 5.91 Å². The van der Waals surface area contributed by atoms with E-state index >= 15 is 0 Å². The van der Waals surface area contributed by atoms with Crippen LogP contribution >= 0.6 is 0 Å². The van der Waals surface area contributed by atoms with Crippen LogP contribution < -0.4 is 0 Å². The molecule has 180 valence electrons. The average molecular weight is 471 g/mol. The summed E-state index contributed by atoms with van der Waals surface area (Å²) in [6.45, 7) is 2.77. The predicted molar refractivity (Wildman–Crippen MR) is 136 cm³/mol. The summed E-state index contributed by atoms with van der Waals surface area (Å²) in [7, 11) is 1.85.